The van der Waals surface area contributed by atoms with Crippen LogP contribution in [0, 0.1) is 6.92 Å². The smallest absolute Gasteiger partial charge is 0.234 e. The molecular formula is C13H16ClN5OS. The summed E-state index contributed by atoms with van der Waals surface area (Å²) in [5.41, 5.74) is 0. The second-order valence-corrected chi connectivity index (χ2v) is 5.98. The first-order valence-corrected chi connectivity index (χ1v) is 7.75. The Balaban J connectivity index is 1.94. The van der Waals surface area contributed by atoms with E-state index in [1.807, 2.05) is 18.4 Å². The second-order valence-electron chi connectivity index (χ2n) is 4.57. The van der Waals surface area contributed by atoms with Gasteiger partial charge < -0.3 is 5.32 Å². The van der Waals surface area contributed by atoms with E-state index in [9.17, 15) is 4.79 Å². The SMILES string of the molecule is Cc1nc(NC=O)nc(NC(C)CCc2sccc2Cl)n1. The Morgan fingerprint density at radius 1 is 1.38 bits per heavy atom. The van der Waals surface area contributed by atoms with Crippen molar-refractivity contribution >= 4 is 41.2 Å². The van der Waals surface area contributed by atoms with Crippen molar-refractivity contribution in [3.8, 4) is 0 Å². The number of hydrogen-bond acceptors (Lipinski definition) is 6. The molecule has 1 amide bonds. The predicted molar refractivity (Wildman–Crippen MR) is 85.0 cm³/mol. The molecule has 0 aliphatic rings. The van der Waals surface area contributed by atoms with Gasteiger partial charge in [-0.05, 0) is 38.1 Å². The maximum atomic E-state index is 10.4. The number of hydrogen-bond donors (Lipinski definition) is 2. The third-order valence-electron chi connectivity index (χ3n) is 2.81. The molecule has 0 bridgehead atoms. The van der Waals surface area contributed by atoms with Gasteiger partial charge >= 0.3 is 0 Å². The molecule has 0 spiro atoms. The molecule has 8 heteroatoms. The number of aromatic nitrogens is 3. The molecule has 0 fully saturated rings. The molecule has 1 atom stereocenters. The van der Waals surface area contributed by atoms with Crippen molar-refractivity contribution in [1.29, 1.82) is 0 Å². The van der Waals surface area contributed by atoms with Gasteiger partial charge in [-0.1, -0.05) is 11.6 Å². The lowest BCUT2D eigenvalue weighted by Crippen LogP contribution is -2.19. The molecule has 2 aromatic heterocycles. The van der Waals surface area contributed by atoms with Crippen LogP contribution < -0.4 is 10.6 Å². The number of thiophene rings is 1. The van der Waals surface area contributed by atoms with Crippen LogP contribution in [-0.4, -0.2) is 27.4 Å². The summed E-state index contributed by atoms with van der Waals surface area (Å²) in [6.45, 7) is 3.80. The summed E-state index contributed by atoms with van der Waals surface area (Å²) in [7, 11) is 0. The van der Waals surface area contributed by atoms with Crippen LogP contribution >= 0.6 is 22.9 Å². The molecule has 21 heavy (non-hydrogen) atoms. The van der Waals surface area contributed by atoms with Crippen molar-refractivity contribution in [1.82, 2.24) is 15.0 Å². The van der Waals surface area contributed by atoms with Crippen LogP contribution in [0.1, 0.15) is 24.0 Å². The van der Waals surface area contributed by atoms with E-state index in [1.54, 1.807) is 18.3 Å². The van der Waals surface area contributed by atoms with Crippen LogP contribution in [-0.2, 0) is 11.2 Å². The van der Waals surface area contributed by atoms with E-state index in [2.05, 4.69) is 25.6 Å². The molecule has 0 radical (unpaired) electrons. The molecule has 1 unspecified atom stereocenters. The predicted octanol–water partition coefficient (Wildman–Crippen LogP) is 2.90. The first-order valence-electron chi connectivity index (χ1n) is 6.49. The first-order chi connectivity index (χ1) is 10.1. The van der Waals surface area contributed by atoms with Crippen molar-refractivity contribution in [2.45, 2.75) is 32.7 Å². The maximum absolute atomic E-state index is 10.4. The fourth-order valence-corrected chi connectivity index (χ4v) is 2.96. The number of carbonyl (C=O) groups excluding carboxylic acids is 1. The summed E-state index contributed by atoms with van der Waals surface area (Å²) in [6.07, 6.45) is 2.34. The Hall–Kier alpha value is -1.73. The Morgan fingerprint density at radius 3 is 2.81 bits per heavy atom. The van der Waals surface area contributed by atoms with Gasteiger partial charge in [0.05, 0.1) is 5.02 Å². The Morgan fingerprint density at radius 2 is 2.14 bits per heavy atom. The third kappa shape index (κ3) is 4.64. The fraction of sp³-hybridized carbons (Fsp3) is 0.385. The van der Waals surface area contributed by atoms with Gasteiger partial charge in [0.1, 0.15) is 5.82 Å². The Labute approximate surface area is 132 Å². The van der Waals surface area contributed by atoms with E-state index in [-0.39, 0.29) is 12.0 Å². The number of halogens is 1. The minimum Gasteiger partial charge on any atom is -0.352 e. The van der Waals surface area contributed by atoms with E-state index in [4.69, 9.17) is 11.6 Å². The largest absolute Gasteiger partial charge is 0.352 e. The van der Waals surface area contributed by atoms with Gasteiger partial charge in [-0.2, -0.15) is 15.0 Å². The molecule has 0 saturated carbocycles. The van der Waals surface area contributed by atoms with E-state index in [0.717, 1.165) is 17.9 Å². The van der Waals surface area contributed by atoms with Crippen molar-refractivity contribution in [2.24, 2.45) is 0 Å². The molecule has 2 N–H and O–H groups in total. The summed E-state index contributed by atoms with van der Waals surface area (Å²) in [5, 5.41) is 8.44. The Bertz CT molecular complexity index is 618. The van der Waals surface area contributed by atoms with Gasteiger partial charge in [0.25, 0.3) is 0 Å². The quantitative estimate of drug-likeness (QED) is 0.765. The van der Waals surface area contributed by atoms with Crippen LogP contribution in [0.5, 0.6) is 0 Å². The van der Waals surface area contributed by atoms with E-state index >= 15 is 0 Å². The molecule has 0 aromatic carbocycles. The highest BCUT2D eigenvalue weighted by Crippen LogP contribution is 2.24. The summed E-state index contributed by atoms with van der Waals surface area (Å²) in [4.78, 5) is 24.0. The third-order valence-corrected chi connectivity index (χ3v) is 4.25. The molecule has 0 aliphatic carbocycles. The van der Waals surface area contributed by atoms with Gasteiger partial charge in [0.2, 0.25) is 18.3 Å². The van der Waals surface area contributed by atoms with Gasteiger partial charge in [0.15, 0.2) is 0 Å². The van der Waals surface area contributed by atoms with Crippen LogP contribution in [0.15, 0.2) is 11.4 Å². The van der Waals surface area contributed by atoms with Gasteiger partial charge in [-0.3, -0.25) is 10.1 Å². The zero-order valence-electron chi connectivity index (χ0n) is 11.8. The fourth-order valence-electron chi connectivity index (χ4n) is 1.81. The zero-order chi connectivity index (χ0) is 15.2. The van der Waals surface area contributed by atoms with Crippen molar-refractivity contribution in [2.75, 3.05) is 10.6 Å². The Kier molecular flexibility index (Phi) is 5.46. The normalized spacial score (nSPS) is 12.0. The lowest BCUT2D eigenvalue weighted by molar-refractivity contribution is -0.105. The molecule has 2 heterocycles. The van der Waals surface area contributed by atoms with Crippen LogP contribution in [0.2, 0.25) is 5.02 Å². The number of amides is 1. The van der Waals surface area contributed by atoms with Crippen molar-refractivity contribution in [3.63, 3.8) is 0 Å². The highest BCUT2D eigenvalue weighted by molar-refractivity contribution is 7.10. The topological polar surface area (TPSA) is 79.8 Å². The number of rotatable bonds is 7. The average molecular weight is 326 g/mol. The lowest BCUT2D eigenvalue weighted by atomic mass is 10.1. The number of anilines is 2. The molecule has 6 nitrogen and oxygen atoms in total. The highest BCUT2D eigenvalue weighted by atomic mass is 35.5. The number of nitrogens with zero attached hydrogens (tertiary/aromatic N) is 3. The lowest BCUT2D eigenvalue weighted by Gasteiger charge is -2.14. The monoisotopic (exact) mass is 325 g/mol. The number of aryl methyl sites for hydroxylation is 2. The van der Waals surface area contributed by atoms with Gasteiger partial charge in [-0.15, -0.1) is 11.3 Å². The summed E-state index contributed by atoms with van der Waals surface area (Å²) >= 11 is 7.73. The van der Waals surface area contributed by atoms with E-state index in [0.29, 0.717) is 18.2 Å². The first kappa shape index (κ1) is 15.7. The van der Waals surface area contributed by atoms with E-state index in [1.165, 1.54) is 4.88 Å². The van der Waals surface area contributed by atoms with E-state index < -0.39 is 0 Å². The number of carbonyl (C=O) groups is 1. The van der Waals surface area contributed by atoms with Crippen molar-refractivity contribution < 1.29 is 4.79 Å². The molecule has 2 rings (SSSR count). The summed E-state index contributed by atoms with van der Waals surface area (Å²) in [6, 6.07) is 2.08. The molecule has 2 aromatic rings. The second kappa shape index (κ2) is 7.33. The standard InChI is InChI=1S/C13H16ClN5OS/c1-8(3-4-11-10(14)5-6-21-11)16-13-18-9(2)17-12(19-13)15-7-20/h5-8H,3-4H2,1-2H3,(H2,15,16,17,18,19,20). The highest BCUT2D eigenvalue weighted by Gasteiger charge is 2.09. The van der Waals surface area contributed by atoms with Crippen molar-refractivity contribution in [3.05, 3.63) is 27.2 Å². The van der Waals surface area contributed by atoms with Crippen LogP contribution in [0.3, 0.4) is 0 Å². The van der Waals surface area contributed by atoms with Gasteiger partial charge in [-0.25, -0.2) is 0 Å². The molecule has 0 saturated heterocycles. The van der Waals surface area contributed by atoms with Gasteiger partial charge in [0, 0.05) is 10.9 Å². The molecule has 112 valence electrons. The molecular weight excluding hydrogens is 310 g/mol. The maximum Gasteiger partial charge on any atom is 0.234 e. The summed E-state index contributed by atoms with van der Waals surface area (Å²) < 4.78 is 0. The summed E-state index contributed by atoms with van der Waals surface area (Å²) in [5.74, 6) is 1.25. The number of nitrogens with one attached hydrogen (secondary N) is 2. The zero-order valence-corrected chi connectivity index (χ0v) is 13.3. The minimum atomic E-state index is 0.175. The van der Waals surface area contributed by atoms with Crippen LogP contribution in [0.25, 0.3) is 0 Å². The van der Waals surface area contributed by atoms with Crippen LogP contribution in [0.4, 0.5) is 11.9 Å². The molecule has 0 aliphatic heterocycles. The minimum absolute atomic E-state index is 0.175. The average Bonchev–Trinajstić information content (AvgIpc) is 2.81.